The van der Waals surface area contributed by atoms with Crippen LogP contribution in [-0.4, -0.2) is 64.5 Å². The van der Waals surface area contributed by atoms with E-state index < -0.39 is 23.8 Å². The lowest BCUT2D eigenvalue weighted by Gasteiger charge is -2.28. The van der Waals surface area contributed by atoms with Crippen LogP contribution in [0.4, 0.5) is 0 Å². The summed E-state index contributed by atoms with van der Waals surface area (Å²) in [5.41, 5.74) is 2.08. The Kier molecular flexibility index (Phi) is 10.2. The fourth-order valence-corrected chi connectivity index (χ4v) is 5.02. The van der Waals surface area contributed by atoms with Gasteiger partial charge in [0, 0.05) is 42.4 Å². The quantitative estimate of drug-likeness (QED) is 0.163. The molecular weight excluding hydrogens is 538 g/mol. The Labute approximate surface area is 243 Å². The summed E-state index contributed by atoms with van der Waals surface area (Å²) in [6.45, 7) is 3.01. The van der Waals surface area contributed by atoms with Crippen molar-refractivity contribution in [3.63, 3.8) is 0 Å². The van der Waals surface area contributed by atoms with Gasteiger partial charge < -0.3 is 15.2 Å². The number of nitrogens with one attached hydrogen (secondary N) is 3. The van der Waals surface area contributed by atoms with Crippen molar-refractivity contribution >= 4 is 46.8 Å². The van der Waals surface area contributed by atoms with Gasteiger partial charge in [-0.1, -0.05) is 31.0 Å². The maximum absolute atomic E-state index is 13.0. The minimum Gasteiger partial charge on any atom is -0.355 e. The summed E-state index contributed by atoms with van der Waals surface area (Å²) >= 11 is 0. The summed E-state index contributed by atoms with van der Waals surface area (Å²) in [5.74, 6) is -2.10. The average Bonchev–Trinajstić information content (AvgIpc) is 3.38. The largest absolute Gasteiger partial charge is 0.355 e. The van der Waals surface area contributed by atoms with Crippen LogP contribution in [0.15, 0.2) is 54.7 Å². The van der Waals surface area contributed by atoms with Crippen molar-refractivity contribution in [1.82, 2.24) is 25.4 Å². The molecule has 11 heteroatoms. The molecule has 1 unspecified atom stereocenters. The van der Waals surface area contributed by atoms with E-state index in [1.54, 1.807) is 13.0 Å². The number of aryl methyl sites for hydroxylation is 1. The van der Waals surface area contributed by atoms with E-state index in [1.165, 1.54) is 12.1 Å². The van der Waals surface area contributed by atoms with Crippen LogP contribution in [0.1, 0.15) is 64.8 Å². The molecule has 1 saturated heterocycles. The van der Waals surface area contributed by atoms with Crippen LogP contribution in [0.5, 0.6) is 0 Å². The monoisotopic (exact) mass is 573 g/mol. The molecule has 220 valence electrons. The Morgan fingerprint density at radius 1 is 1.00 bits per heavy atom. The molecule has 1 aromatic heterocycles. The SMILES string of the molecule is Cc1cc(C(=O)NCCCCCCNC(=O)Cn2ccc3ccccc32)ccc1C(=O)N(C=O)C1CCC(=O)NC1=O. The van der Waals surface area contributed by atoms with Crippen LogP contribution >= 0.6 is 0 Å². The highest BCUT2D eigenvalue weighted by Gasteiger charge is 2.35. The Bertz CT molecular complexity index is 1500. The number of piperidine rings is 1. The molecule has 0 radical (unpaired) electrons. The molecule has 6 amide bonds. The van der Waals surface area contributed by atoms with Gasteiger partial charge in [0.15, 0.2) is 0 Å². The van der Waals surface area contributed by atoms with Gasteiger partial charge in [-0.2, -0.15) is 0 Å². The van der Waals surface area contributed by atoms with E-state index in [1.807, 2.05) is 41.1 Å². The van der Waals surface area contributed by atoms with E-state index in [0.29, 0.717) is 30.6 Å². The summed E-state index contributed by atoms with van der Waals surface area (Å²) in [6, 6.07) is 13.4. The number of hydrogen-bond donors (Lipinski definition) is 3. The number of carbonyl (C=O) groups is 6. The van der Waals surface area contributed by atoms with Crippen LogP contribution < -0.4 is 16.0 Å². The Hall–Kier alpha value is -4.80. The fourth-order valence-electron chi connectivity index (χ4n) is 5.02. The molecular formula is C31H35N5O6. The summed E-state index contributed by atoms with van der Waals surface area (Å²) in [7, 11) is 0. The summed E-state index contributed by atoms with van der Waals surface area (Å²) in [4.78, 5) is 73.8. The highest BCUT2D eigenvalue weighted by Crippen LogP contribution is 2.18. The number of para-hydroxylation sites is 1. The number of aromatic nitrogens is 1. The van der Waals surface area contributed by atoms with Crippen molar-refractivity contribution < 1.29 is 28.8 Å². The molecule has 2 heterocycles. The van der Waals surface area contributed by atoms with E-state index in [4.69, 9.17) is 0 Å². The van der Waals surface area contributed by atoms with Gasteiger partial charge in [0.05, 0.1) is 0 Å². The van der Waals surface area contributed by atoms with Gasteiger partial charge in [-0.25, -0.2) is 0 Å². The molecule has 3 N–H and O–H groups in total. The predicted octanol–water partition coefficient (Wildman–Crippen LogP) is 2.46. The highest BCUT2D eigenvalue weighted by molar-refractivity contribution is 6.08. The van der Waals surface area contributed by atoms with Crippen molar-refractivity contribution in [1.29, 1.82) is 0 Å². The van der Waals surface area contributed by atoms with Crippen LogP contribution in [-0.2, 0) is 25.7 Å². The fraction of sp³-hybridized carbons (Fsp3) is 0.355. The Balaban J connectivity index is 1.14. The van der Waals surface area contributed by atoms with Gasteiger partial charge in [0.2, 0.25) is 24.1 Å². The normalized spacial score (nSPS) is 14.7. The van der Waals surface area contributed by atoms with Gasteiger partial charge in [0.25, 0.3) is 11.8 Å². The number of imide groups is 2. The summed E-state index contributed by atoms with van der Waals surface area (Å²) in [5, 5.41) is 9.08. The van der Waals surface area contributed by atoms with Crippen molar-refractivity contribution in [2.45, 2.75) is 58.0 Å². The number of nitrogens with zero attached hydrogens (tertiary/aromatic N) is 2. The third-order valence-electron chi connectivity index (χ3n) is 7.32. The molecule has 2 aromatic carbocycles. The van der Waals surface area contributed by atoms with E-state index in [2.05, 4.69) is 16.0 Å². The van der Waals surface area contributed by atoms with Crippen LogP contribution in [0, 0.1) is 6.92 Å². The predicted molar refractivity (Wildman–Crippen MR) is 155 cm³/mol. The molecule has 4 rings (SSSR count). The molecule has 0 spiro atoms. The second-order valence-corrected chi connectivity index (χ2v) is 10.3. The van der Waals surface area contributed by atoms with E-state index in [0.717, 1.165) is 41.5 Å². The molecule has 0 saturated carbocycles. The van der Waals surface area contributed by atoms with Crippen LogP contribution in [0.25, 0.3) is 10.9 Å². The van der Waals surface area contributed by atoms with Crippen LogP contribution in [0.3, 0.4) is 0 Å². The number of rotatable bonds is 13. The molecule has 11 nitrogen and oxygen atoms in total. The number of carbonyl (C=O) groups excluding carboxylic acids is 6. The van der Waals surface area contributed by atoms with Crippen molar-refractivity contribution in [3.05, 3.63) is 71.4 Å². The number of fused-ring (bicyclic) bond motifs is 1. The Morgan fingerprint density at radius 3 is 2.45 bits per heavy atom. The molecule has 0 bridgehead atoms. The number of hydrogen-bond acceptors (Lipinski definition) is 6. The third-order valence-corrected chi connectivity index (χ3v) is 7.32. The van der Waals surface area contributed by atoms with Crippen molar-refractivity contribution in [2.24, 2.45) is 0 Å². The van der Waals surface area contributed by atoms with Gasteiger partial charge >= 0.3 is 0 Å². The topological polar surface area (TPSA) is 147 Å². The molecule has 1 atom stereocenters. The lowest BCUT2D eigenvalue weighted by molar-refractivity contribution is -0.139. The zero-order chi connectivity index (χ0) is 30.1. The zero-order valence-electron chi connectivity index (χ0n) is 23.6. The first-order chi connectivity index (χ1) is 20.3. The smallest absolute Gasteiger partial charge is 0.261 e. The molecule has 1 aliphatic heterocycles. The van der Waals surface area contributed by atoms with Crippen molar-refractivity contribution in [2.75, 3.05) is 13.1 Å². The van der Waals surface area contributed by atoms with Gasteiger partial charge in [-0.15, -0.1) is 0 Å². The molecule has 1 aliphatic rings. The van der Waals surface area contributed by atoms with E-state index in [-0.39, 0.29) is 36.8 Å². The maximum Gasteiger partial charge on any atom is 0.261 e. The maximum atomic E-state index is 13.0. The first kappa shape index (κ1) is 30.2. The summed E-state index contributed by atoms with van der Waals surface area (Å²) in [6.07, 6.45) is 5.75. The molecule has 0 aliphatic carbocycles. The minimum atomic E-state index is -1.06. The van der Waals surface area contributed by atoms with Gasteiger partial charge in [-0.05, 0) is 67.5 Å². The van der Waals surface area contributed by atoms with Crippen molar-refractivity contribution in [3.8, 4) is 0 Å². The first-order valence-corrected chi connectivity index (χ1v) is 14.1. The molecule has 42 heavy (non-hydrogen) atoms. The van der Waals surface area contributed by atoms with Gasteiger partial charge in [0.1, 0.15) is 12.6 Å². The first-order valence-electron chi connectivity index (χ1n) is 14.1. The highest BCUT2D eigenvalue weighted by atomic mass is 16.2. The van der Waals surface area contributed by atoms with E-state index >= 15 is 0 Å². The average molecular weight is 574 g/mol. The lowest BCUT2D eigenvalue weighted by atomic mass is 10.0. The number of benzene rings is 2. The molecule has 1 fully saturated rings. The van der Waals surface area contributed by atoms with E-state index in [9.17, 15) is 28.8 Å². The minimum absolute atomic E-state index is 0.0264. The number of unbranched alkanes of at least 4 members (excludes halogenated alkanes) is 3. The summed E-state index contributed by atoms with van der Waals surface area (Å²) < 4.78 is 1.93. The second-order valence-electron chi connectivity index (χ2n) is 10.3. The third kappa shape index (κ3) is 7.48. The van der Waals surface area contributed by atoms with Crippen LogP contribution in [0.2, 0.25) is 0 Å². The zero-order valence-corrected chi connectivity index (χ0v) is 23.6. The number of amides is 6. The standard InChI is InChI=1S/C31H35N5O6/c1-21-18-23(10-11-24(21)31(42)36(20-37)26-12-13-27(38)34-30(26)41)29(40)33-16-7-3-2-6-15-32-28(39)19-35-17-14-22-8-4-5-9-25(22)35/h4-5,8-11,14,17-18,20,26H,2-3,6-7,12-13,15-16,19H2,1H3,(H,32,39)(H,33,40)(H,34,38,41). The lowest BCUT2D eigenvalue weighted by Crippen LogP contribution is -2.53. The van der Waals surface area contributed by atoms with Gasteiger partial charge in [-0.3, -0.25) is 39.0 Å². The molecule has 3 aromatic rings. The Morgan fingerprint density at radius 2 is 1.74 bits per heavy atom. The second kappa shape index (κ2) is 14.2.